The number of nitrogens with zero attached hydrogens (tertiary/aromatic N) is 4. The Bertz CT molecular complexity index is 840. The highest BCUT2D eigenvalue weighted by molar-refractivity contribution is 7.57. The SMILES string of the molecule is COCO[C@H](/C=C/P(=O)(OC(C)C)OC(C)C)CCn1cnc2c(N)ncnc21. The first-order valence-corrected chi connectivity index (χ1v) is 11.0. The molecule has 0 saturated heterocycles. The number of nitrogen functional groups attached to an aromatic ring is 1. The summed E-state index contributed by atoms with van der Waals surface area (Å²) in [5, 5.41) is 0. The van der Waals surface area contributed by atoms with Crippen molar-refractivity contribution in [3.05, 3.63) is 24.5 Å². The van der Waals surface area contributed by atoms with E-state index in [9.17, 15) is 4.57 Å². The first-order valence-electron chi connectivity index (χ1n) is 9.42. The quantitative estimate of drug-likeness (QED) is 0.401. The third kappa shape index (κ3) is 7.17. The van der Waals surface area contributed by atoms with Crippen LogP contribution in [0.25, 0.3) is 11.2 Å². The van der Waals surface area contributed by atoms with E-state index in [1.165, 1.54) is 12.1 Å². The van der Waals surface area contributed by atoms with Crippen LogP contribution in [0.2, 0.25) is 0 Å². The van der Waals surface area contributed by atoms with Crippen molar-refractivity contribution in [3.63, 3.8) is 0 Å². The maximum Gasteiger partial charge on any atom is 0.354 e. The molecule has 0 aromatic carbocycles. The first-order chi connectivity index (χ1) is 13.7. The summed E-state index contributed by atoms with van der Waals surface area (Å²) in [6.07, 6.45) is 4.42. The monoisotopic (exact) mass is 427 g/mol. The van der Waals surface area contributed by atoms with E-state index in [0.29, 0.717) is 29.9 Å². The van der Waals surface area contributed by atoms with Gasteiger partial charge in [-0.05, 0) is 40.2 Å². The van der Waals surface area contributed by atoms with Crippen LogP contribution in [-0.2, 0) is 29.6 Å². The third-order valence-electron chi connectivity index (χ3n) is 3.68. The molecule has 0 unspecified atom stereocenters. The molecule has 0 radical (unpaired) electrons. The second-order valence-corrected chi connectivity index (χ2v) is 8.76. The average molecular weight is 427 g/mol. The Labute approximate surface area is 171 Å². The minimum Gasteiger partial charge on any atom is -0.382 e. The van der Waals surface area contributed by atoms with E-state index in [1.807, 2.05) is 4.57 Å². The van der Waals surface area contributed by atoms with Gasteiger partial charge in [0.05, 0.1) is 24.6 Å². The normalized spacial score (nSPS) is 13.9. The van der Waals surface area contributed by atoms with Gasteiger partial charge in [0.15, 0.2) is 11.5 Å². The van der Waals surface area contributed by atoms with Gasteiger partial charge < -0.3 is 28.8 Å². The Morgan fingerprint density at radius 3 is 2.48 bits per heavy atom. The summed E-state index contributed by atoms with van der Waals surface area (Å²) >= 11 is 0. The van der Waals surface area contributed by atoms with Gasteiger partial charge in [0.2, 0.25) is 0 Å². The van der Waals surface area contributed by atoms with Crippen molar-refractivity contribution in [1.82, 2.24) is 19.5 Å². The smallest absolute Gasteiger partial charge is 0.354 e. The number of methoxy groups -OCH3 is 1. The predicted octanol–water partition coefficient (Wildman–Crippen LogP) is 3.34. The molecular weight excluding hydrogens is 397 g/mol. The van der Waals surface area contributed by atoms with Crippen LogP contribution in [-0.4, -0.2) is 51.7 Å². The molecule has 29 heavy (non-hydrogen) atoms. The highest BCUT2D eigenvalue weighted by Crippen LogP contribution is 2.52. The van der Waals surface area contributed by atoms with E-state index in [-0.39, 0.29) is 25.1 Å². The lowest BCUT2D eigenvalue weighted by Crippen LogP contribution is -2.15. The summed E-state index contributed by atoms with van der Waals surface area (Å²) in [4.78, 5) is 12.4. The molecule has 11 heteroatoms. The highest BCUT2D eigenvalue weighted by Gasteiger charge is 2.25. The minimum atomic E-state index is -3.40. The largest absolute Gasteiger partial charge is 0.382 e. The van der Waals surface area contributed by atoms with Gasteiger partial charge in [0, 0.05) is 19.5 Å². The van der Waals surface area contributed by atoms with Gasteiger partial charge in [0.1, 0.15) is 18.6 Å². The maximum absolute atomic E-state index is 13.0. The van der Waals surface area contributed by atoms with Crippen LogP contribution in [0.3, 0.4) is 0 Å². The van der Waals surface area contributed by atoms with Gasteiger partial charge in [0.25, 0.3) is 0 Å². The van der Waals surface area contributed by atoms with Gasteiger partial charge >= 0.3 is 7.60 Å². The van der Waals surface area contributed by atoms with E-state index < -0.39 is 7.60 Å². The van der Waals surface area contributed by atoms with Crippen molar-refractivity contribution in [2.45, 2.75) is 59.0 Å². The summed E-state index contributed by atoms with van der Waals surface area (Å²) in [7, 11) is -1.86. The molecule has 0 saturated carbocycles. The second-order valence-electron chi connectivity index (χ2n) is 6.96. The molecule has 0 aliphatic heterocycles. The number of ether oxygens (including phenoxy) is 2. The van der Waals surface area contributed by atoms with Crippen LogP contribution >= 0.6 is 7.60 Å². The van der Waals surface area contributed by atoms with Crippen LogP contribution in [0.4, 0.5) is 5.82 Å². The molecule has 0 bridgehead atoms. The molecule has 0 aliphatic rings. The van der Waals surface area contributed by atoms with Gasteiger partial charge in [-0.3, -0.25) is 4.57 Å². The maximum atomic E-state index is 13.0. The van der Waals surface area contributed by atoms with Crippen LogP contribution in [0.1, 0.15) is 34.1 Å². The van der Waals surface area contributed by atoms with E-state index in [1.54, 1.807) is 47.2 Å². The zero-order chi connectivity index (χ0) is 21.4. The van der Waals surface area contributed by atoms with E-state index >= 15 is 0 Å². The summed E-state index contributed by atoms with van der Waals surface area (Å²) in [5.41, 5.74) is 7.02. The van der Waals surface area contributed by atoms with Crippen molar-refractivity contribution in [2.75, 3.05) is 19.6 Å². The van der Waals surface area contributed by atoms with Gasteiger partial charge in [-0.25, -0.2) is 15.0 Å². The van der Waals surface area contributed by atoms with Crippen molar-refractivity contribution < 1.29 is 23.1 Å². The highest BCUT2D eigenvalue weighted by atomic mass is 31.2. The average Bonchev–Trinajstić information content (AvgIpc) is 3.04. The Morgan fingerprint density at radius 2 is 1.86 bits per heavy atom. The first kappa shape index (κ1) is 23.4. The van der Waals surface area contributed by atoms with Crippen molar-refractivity contribution in [1.29, 1.82) is 0 Å². The summed E-state index contributed by atoms with van der Waals surface area (Å²) in [6.45, 7) is 7.87. The molecule has 2 heterocycles. The number of rotatable bonds is 12. The predicted molar refractivity (Wildman–Crippen MR) is 110 cm³/mol. The fourth-order valence-corrected chi connectivity index (χ4v) is 4.37. The number of aromatic nitrogens is 4. The molecule has 0 fully saturated rings. The van der Waals surface area contributed by atoms with Crippen molar-refractivity contribution in [2.24, 2.45) is 0 Å². The Morgan fingerprint density at radius 1 is 1.17 bits per heavy atom. The zero-order valence-electron chi connectivity index (χ0n) is 17.5. The fourth-order valence-electron chi connectivity index (χ4n) is 2.60. The van der Waals surface area contributed by atoms with E-state index in [0.717, 1.165) is 0 Å². The second kappa shape index (κ2) is 10.8. The van der Waals surface area contributed by atoms with Crippen molar-refractivity contribution >= 4 is 24.6 Å². The summed E-state index contributed by atoms with van der Waals surface area (Å²) in [5.74, 6) is 1.79. The minimum absolute atomic E-state index is 0.0924. The van der Waals surface area contributed by atoms with Crippen molar-refractivity contribution in [3.8, 4) is 0 Å². The summed E-state index contributed by atoms with van der Waals surface area (Å²) in [6, 6.07) is 0. The molecular formula is C18H30N5O5P. The molecule has 2 rings (SSSR count). The lowest BCUT2D eigenvalue weighted by molar-refractivity contribution is -0.0583. The molecule has 2 aromatic heterocycles. The van der Waals surface area contributed by atoms with Gasteiger partial charge in [-0.1, -0.05) is 0 Å². The lowest BCUT2D eigenvalue weighted by atomic mass is 10.2. The number of nitrogens with two attached hydrogens (primary N) is 1. The van der Waals surface area contributed by atoms with Crippen LogP contribution < -0.4 is 5.73 Å². The fraction of sp³-hybridized carbons (Fsp3) is 0.611. The Kier molecular flexibility index (Phi) is 8.73. The van der Waals surface area contributed by atoms with Crippen LogP contribution in [0.15, 0.2) is 24.5 Å². The van der Waals surface area contributed by atoms with Crippen LogP contribution in [0.5, 0.6) is 0 Å². The molecule has 0 amide bonds. The molecule has 0 spiro atoms. The third-order valence-corrected chi connectivity index (χ3v) is 5.65. The number of hydrogen-bond donors (Lipinski definition) is 1. The number of imidazole rings is 1. The lowest BCUT2D eigenvalue weighted by Gasteiger charge is -2.21. The van der Waals surface area contributed by atoms with Gasteiger partial charge in [-0.15, -0.1) is 0 Å². The number of hydrogen-bond acceptors (Lipinski definition) is 9. The molecule has 2 aromatic rings. The Balaban J connectivity index is 2.13. The standard InChI is InChI=1S/C18H30N5O5P/c1-13(2)27-29(24,28-14(3)4)9-7-15(26-12-25-5)6-8-23-11-22-16-17(19)20-10-21-18(16)23/h7,9-11,13-15H,6,8,12H2,1-5H3,(H2,19,20,21)/b9-7+/t15-/m0/s1. The van der Waals surface area contributed by atoms with E-state index in [4.69, 9.17) is 24.3 Å². The summed E-state index contributed by atoms with van der Waals surface area (Å²) < 4.78 is 36.6. The topological polar surface area (TPSA) is 124 Å². The number of anilines is 1. The molecule has 2 N–H and O–H groups in total. The molecule has 162 valence electrons. The molecule has 1 atom stereocenters. The zero-order valence-corrected chi connectivity index (χ0v) is 18.4. The van der Waals surface area contributed by atoms with E-state index in [2.05, 4.69) is 15.0 Å². The Hall–Kier alpha value is -1.84. The van der Waals surface area contributed by atoms with Gasteiger partial charge in [-0.2, -0.15) is 0 Å². The number of fused-ring (bicyclic) bond motifs is 1. The molecule has 10 nitrogen and oxygen atoms in total. The van der Waals surface area contributed by atoms with Crippen LogP contribution in [0, 0.1) is 0 Å². The number of aryl methyl sites for hydroxylation is 1. The molecule has 0 aliphatic carbocycles.